The van der Waals surface area contributed by atoms with Gasteiger partial charge in [0.25, 0.3) is 5.91 Å². The van der Waals surface area contributed by atoms with Gasteiger partial charge in [-0.15, -0.1) is 0 Å². The highest BCUT2D eigenvalue weighted by Crippen LogP contribution is 2.20. The van der Waals surface area contributed by atoms with Crippen LogP contribution in [0.15, 0.2) is 18.2 Å². The number of amides is 3. The van der Waals surface area contributed by atoms with Crippen molar-refractivity contribution in [2.75, 3.05) is 18.4 Å². The number of nitrogens with zero attached hydrogens (tertiary/aromatic N) is 1. The largest absolute Gasteiger partial charge is 0.348 e. The molecule has 116 valence electrons. The van der Waals surface area contributed by atoms with Crippen molar-refractivity contribution in [1.29, 1.82) is 0 Å². The predicted molar refractivity (Wildman–Crippen MR) is 81.2 cm³/mol. The highest BCUT2D eigenvalue weighted by Gasteiger charge is 2.26. The molecule has 6 heteroatoms. The lowest BCUT2D eigenvalue weighted by Gasteiger charge is -2.30. The summed E-state index contributed by atoms with van der Waals surface area (Å²) >= 11 is 0. The zero-order chi connectivity index (χ0) is 15.7. The fourth-order valence-electron chi connectivity index (χ4n) is 2.99. The first-order valence-electron chi connectivity index (χ1n) is 7.56. The number of hydrogen-bond acceptors (Lipinski definition) is 3. The van der Waals surface area contributed by atoms with Crippen LogP contribution in [0.3, 0.4) is 0 Å². The number of nitrogens with one attached hydrogen (secondary N) is 2. The van der Waals surface area contributed by atoms with Crippen LogP contribution in [0.25, 0.3) is 0 Å². The standard InChI is InChI=1S/C16H19N3O3/c1-10-3-2-6-19(9-10)16(22)15(21)18-12-5-4-11-8-17-14(20)13(11)7-12/h4-5,7,10H,2-3,6,8-9H2,1H3,(H,17,20)(H,18,21). The highest BCUT2D eigenvalue weighted by atomic mass is 16.2. The Balaban J connectivity index is 1.68. The van der Waals surface area contributed by atoms with E-state index in [2.05, 4.69) is 17.6 Å². The van der Waals surface area contributed by atoms with Gasteiger partial charge in [0.05, 0.1) is 0 Å². The van der Waals surface area contributed by atoms with Gasteiger partial charge in [0.2, 0.25) is 0 Å². The average molecular weight is 301 g/mol. The Kier molecular flexibility index (Phi) is 3.83. The number of carbonyl (C=O) groups excluding carboxylic acids is 3. The molecule has 2 aliphatic heterocycles. The van der Waals surface area contributed by atoms with Gasteiger partial charge in [-0.25, -0.2) is 0 Å². The fraction of sp³-hybridized carbons (Fsp3) is 0.438. The van der Waals surface area contributed by atoms with Gasteiger partial charge >= 0.3 is 11.8 Å². The van der Waals surface area contributed by atoms with Crippen LogP contribution in [0.5, 0.6) is 0 Å². The van der Waals surface area contributed by atoms with Gasteiger partial charge in [0, 0.05) is 30.9 Å². The van der Waals surface area contributed by atoms with Crippen LogP contribution < -0.4 is 10.6 Å². The van der Waals surface area contributed by atoms with Crippen molar-refractivity contribution in [3.63, 3.8) is 0 Å². The molecule has 0 bridgehead atoms. The van der Waals surface area contributed by atoms with E-state index in [1.807, 2.05) is 0 Å². The molecule has 1 aromatic rings. The SMILES string of the molecule is CC1CCCN(C(=O)C(=O)Nc2ccc3c(c2)C(=O)NC3)C1. The molecule has 3 rings (SSSR count). The summed E-state index contributed by atoms with van der Waals surface area (Å²) < 4.78 is 0. The smallest absolute Gasteiger partial charge is 0.313 e. The zero-order valence-corrected chi connectivity index (χ0v) is 12.5. The molecule has 3 amide bonds. The van der Waals surface area contributed by atoms with Crippen LogP contribution in [-0.4, -0.2) is 35.7 Å². The van der Waals surface area contributed by atoms with E-state index in [1.165, 1.54) is 0 Å². The molecule has 0 radical (unpaired) electrons. The number of rotatable bonds is 1. The quantitative estimate of drug-likeness (QED) is 0.763. The monoisotopic (exact) mass is 301 g/mol. The van der Waals surface area contributed by atoms with Gasteiger partial charge in [-0.2, -0.15) is 0 Å². The summed E-state index contributed by atoms with van der Waals surface area (Å²) in [6.07, 6.45) is 2.02. The summed E-state index contributed by atoms with van der Waals surface area (Å²) in [7, 11) is 0. The molecule has 1 atom stereocenters. The van der Waals surface area contributed by atoms with E-state index in [0.717, 1.165) is 18.4 Å². The summed E-state index contributed by atoms with van der Waals surface area (Å²) in [5.41, 5.74) is 1.93. The van der Waals surface area contributed by atoms with E-state index >= 15 is 0 Å². The fourth-order valence-corrected chi connectivity index (χ4v) is 2.99. The number of anilines is 1. The molecule has 0 aromatic heterocycles. The van der Waals surface area contributed by atoms with E-state index < -0.39 is 11.8 Å². The van der Waals surface area contributed by atoms with E-state index in [-0.39, 0.29) is 5.91 Å². The van der Waals surface area contributed by atoms with Crippen LogP contribution in [0.4, 0.5) is 5.69 Å². The minimum Gasteiger partial charge on any atom is -0.348 e. The van der Waals surface area contributed by atoms with E-state index in [9.17, 15) is 14.4 Å². The zero-order valence-electron chi connectivity index (χ0n) is 12.5. The molecule has 22 heavy (non-hydrogen) atoms. The van der Waals surface area contributed by atoms with Crippen molar-refractivity contribution in [3.05, 3.63) is 29.3 Å². The molecule has 1 saturated heterocycles. The molecule has 6 nitrogen and oxygen atoms in total. The van der Waals surface area contributed by atoms with E-state index in [4.69, 9.17) is 0 Å². The van der Waals surface area contributed by atoms with Gasteiger partial charge in [-0.05, 0) is 36.5 Å². The van der Waals surface area contributed by atoms with Crippen molar-refractivity contribution in [2.45, 2.75) is 26.3 Å². The maximum atomic E-state index is 12.2. The third-order valence-electron chi connectivity index (χ3n) is 4.19. The number of piperidine rings is 1. The Bertz CT molecular complexity index is 642. The summed E-state index contributed by atoms with van der Waals surface area (Å²) in [6.45, 7) is 3.84. The van der Waals surface area contributed by atoms with Crippen molar-refractivity contribution >= 4 is 23.4 Å². The van der Waals surface area contributed by atoms with Crippen LogP contribution in [0.2, 0.25) is 0 Å². The molecule has 1 fully saturated rings. The number of fused-ring (bicyclic) bond motifs is 1. The summed E-state index contributed by atoms with van der Waals surface area (Å²) in [5, 5.41) is 5.31. The Labute approximate surface area is 128 Å². The molecule has 2 aliphatic rings. The normalized spacial score (nSPS) is 20.3. The maximum absolute atomic E-state index is 12.2. The molecule has 2 N–H and O–H groups in total. The lowest BCUT2D eigenvalue weighted by Crippen LogP contribution is -2.44. The summed E-state index contributed by atoms with van der Waals surface area (Å²) in [6, 6.07) is 5.11. The Hall–Kier alpha value is -2.37. The number of likely N-dealkylation sites (tertiary alicyclic amines) is 1. The van der Waals surface area contributed by atoms with Crippen LogP contribution in [-0.2, 0) is 16.1 Å². The Morgan fingerprint density at radius 3 is 2.95 bits per heavy atom. The lowest BCUT2D eigenvalue weighted by atomic mass is 10.0. The van der Waals surface area contributed by atoms with Crippen LogP contribution in [0, 0.1) is 5.92 Å². The van der Waals surface area contributed by atoms with Crippen molar-refractivity contribution < 1.29 is 14.4 Å². The van der Waals surface area contributed by atoms with Gasteiger partial charge in [0.1, 0.15) is 0 Å². The molecule has 2 heterocycles. The van der Waals surface area contributed by atoms with Crippen LogP contribution >= 0.6 is 0 Å². The Morgan fingerprint density at radius 2 is 2.18 bits per heavy atom. The molecule has 0 spiro atoms. The molecular weight excluding hydrogens is 282 g/mol. The number of carbonyl (C=O) groups is 3. The first-order valence-corrected chi connectivity index (χ1v) is 7.56. The molecule has 0 saturated carbocycles. The molecule has 1 unspecified atom stereocenters. The minimum atomic E-state index is -0.646. The van der Waals surface area contributed by atoms with Crippen molar-refractivity contribution in [3.8, 4) is 0 Å². The first kappa shape index (κ1) is 14.6. The lowest BCUT2D eigenvalue weighted by molar-refractivity contribution is -0.144. The average Bonchev–Trinajstić information content (AvgIpc) is 2.87. The first-order chi connectivity index (χ1) is 10.5. The van der Waals surface area contributed by atoms with Gasteiger partial charge in [-0.1, -0.05) is 13.0 Å². The van der Waals surface area contributed by atoms with E-state index in [1.54, 1.807) is 23.1 Å². The molecule has 0 aliphatic carbocycles. The third kappa shape index (κ3) is 2.81. The summed E-state index contributed by atoms with van der Waals surface area (Å²) in [4.78, 5) is 37.5. The van der Waals surface area contributed by atoms with Gasteiger partial charge in [-0.3, -0.25) is 14.4 Å². The molecular formula is C16H19N3O3. The van der Waals surface area contributed by atoms with E-state index in [0.29, 0.717) is 36.8 Å². The van der Waals surface area contributed by atoms with Gasteiger partial charge < -0.3 is 15.5 Å². The second-order valence-electron chi connectivity index (χ2n) is 6.01. The predicted octanol–water partition coefficient (Wildman–Crippen LogP) is 1.13. The topological polar surface area (TPSA) is 78.5 Å². The van der Waals surface area contributed by atoms with Crippen molar-refractivity contribution in [1.82, 2.24) is 10.2 Å². The second-order valence-corrected chi connectivity index (χ2v) is 6.01. The highest BCUT2D eigenvalue weighted by molar-refractivity contribution is 6.39. The number of hydrogen-bond donors (Lipinski definition) is 2. The maximum Gasteiger partial charge on any atom is 0.313 e. The minimum absolute atomic E-state index is 0.151. The van der Waals surface area contributed by atoms with Crippen molar-refractivity contribution in [2.24, 2.45) is 5.92 Å². The second kappa shape index (κ2) is 5.79. The number of benzene rings is 1. The molecule has 1 aromatic carbocycles. The summed E-state index contributed by atoms with van der Waals surface area (Å²) in [5.74, 6) is -0.875. The third-order valence-corrected chi connectivity index (χ3v) is 4.19. The Morgan fingerprint density at radius 1 is 1.36 bits per heavy atom. The van der Waals surface area contributed by atoms with Crippen LogP contribution in [0.1, 0.15) is 35.7 Å². The van der Waals surface area contributed by atoms with Gasteiger partial charge in [0.15, 0.2) is 0 Å².